The molecule has 0 unspecified atom stereocenters. The number of hydrogen-bond acceptors (Lipinski definition) is 9. The zero-order valence-electron chi connectivity index (χ0n) is 19.1. The Morgan fingerprint density at radius 1 is 1.24 bits per heavy atom. The maximum Gasteiger partial charge on any atom is 0.300 e. The number of hydrogen-bond donors (Lipinski definition) is 1. The molecule has 1 fully saturated rings. The fourth-order valence-corrected chi connectivity index (χ4v) is 4.20. The lowest BCUT2D eigenvalue weighted by atomic mass is 10.2. The van der Waals surface area contributed by atoms with E-state index in [2.05, 4.69) is 25.2 Å². The Balaban J connectivity index is 1.44. The van der Waals surface area contributed by atoms with Gasteiger partial charge in [0.1, 0.15) is 17.0 Å². The molecule has 4 heterocycles. The first-order valence-corrected chi connectivity index (χ1v) is 11.4. The van der Waals surface area contributed by atoms with E-state index in [1.807, 2.05) is 16.7 Å². The van der Waals surface area contributed by atoms with Gasteiger partial charge in [0.15, 0.2) is 11.5 Å². The van der Waals surface area contributed by atoms with E-state index in [-0.39, 0.29) is 11.3 Å². The van der Waals surface area contributed by atoms with Crippen LogP contribution in [0.15, 0.2) is 35.7 Å². The van der Waals surface area contributed by atoms with E-state index in [1.165, 1.54) is 18.6 Å². The molecule has 2 aromatic heterocycles. The first-order chi connectivity index (χ1) is 16.7. The van der Waals surface area contributed by atoms with E-state index in [0.29, 0.717) is 36.7 Å². The highest BCUT2D eigenvalue weighted by molar-refractivity contribution is 5.96. The van der Waals surface area contributed by atoms with E-state index in [4.69, 9.17) is 19.2 Å². The number of aromatic nitrogens is 4. The average Bonchev–Trinajstić information content (AvgIpc) is 3.38. The predicted molar refractivity (Wildman–Crippen MR) is 124 cm³/mol. The number of nitrogens with one attached hydrogen (secondary N) is 1. The Kier molecular flexibility index (Phi) is 6.63. The highest BCUT2D eigenvalue weighted by Gasteiger charge is 2.21. The van der Waals surface area contributed by atoms with E-state index in [1.54, 1.807) is 7.11 Å². The highest BCUT2D eigenvalue weighted by atomic mass is 16.5. The Morgan fingerprint density at radius 2 is 2.12 bits per heavy atom. The molecule has 1 aromatic carbocycles. The zero-order chi connectivity index (χ0) is 23.3. The highest BCUT2D eigenvalue weighted by Crippen LogP contribution is 2.37. The van der Waals surface area contributed by atoms with Crippen LogP contribution < -0.4 is 20.4 Å². The zero-order valence-corrected chi connectivity index (χ0v) is 19.1. The summed E-state index contributed by atoms with van der Waals surface area (Å²) in [4.78, 5) is 32.0. The van der Waals surface area contributed by atoms with Crippen molar-refractivity contribution >= 4 is 22.6 Å². The van der Waals surface area contributed by atoms with Crippen molar-refractivity contribution in [1.29, 1.82) is 0 Å². The van der Waals surface area contributed by atoms with Crippen LogP contribution in [0.4, 0.5) is 5.82 Å². The van der Waals surface area contributed by atoms with Gasteiger partial charge >= 0.3 is 0 Å². The summed E-state index contributed by atoms with van der Waals surface area (Å²) < 4.78 is 19.1. The fraction of sp³-hybridized carbons (Fsp3) is 0.435. The molecule has 178 valence electrons. The Bertz CT molecular complexity index is 1240. The summed E-state index contributed by atoms with van der Waals surface area (Å²) in [7, 11) is 1.59. The van der Waals surface area contributed by atoms with Crippen LogP contribution in [0.25, 0.3) is 10.9 Å². The van der Waals surface area contributed by atoms with Gasteiger partial charge in [-0.25, -0.2) is 9.97 Å². The summed E-state index contributed by atoms with van der Waals surface area (Å²) in [6.45, 7) is 6.36. The van der Waals surface area contributed by atoms with E-state index < -0.39 is 5.91 Å². The van der Waals surface area contributed by atoms with Gasteiger partial charge in [0.05, 0.1) is 33.1 Å². The number of ether oxygens (including phenoxy) is 3. The lowest BCUT2D eigenvalue weighted by Crippen LogP contribution is -2.37. The van der Waals surface area contributed by atoms with Crippen LogP contribution in [0, 0.1) is 0 Å². The number of morpholine rings is 1. The lowest BCUT2D eigenvalue weighted by molar-refractivity contribution is 0.0357. The normalized spacial score (nSPS) is 16.3. The smallest absolute Gasteiger partial charge is 0.300 e. The Hall–Kier alpha value is -3.57. The van der Waals surface area contributed by atoms with Gasteiger partial charge in [-0.05, 0) is 18.6 Å². The monoisotopic (exact) mass is 465 g/mol. The summed E-state index contributed by atoms with van der Waals surface area (Å²) in [6, 6.07) is 3.86. The van der Waals surface area contributed by atoms with Crippen molar-refractivity contribution in [2.75, 3.05) is 58.4 Å². The first-order valence-electron chi connectivity index (χ1n) is 11.4. The fourth-order valence-electron chi connectivity index (χ4n) is 4.20. The topological polar surface area (TPSA) is 116 Å². The molecule has 1 N–H and O–H groups in total. The van der Waals surface area contributed by atoms with Gasteiger partial charge in [0, 0.05) is 50.5 Å². The molecule has 2 aliphatic heterocycles. The van der Waals surface area contributed by atoms with Crippen LogP contribution in [0.1, 0.15) is 16.9 Å². The van der Waals surface area contributed by atoms with Crippen LogP contribution in [0.5, 0.6) is 11.5 Å². The van der Waals surface area contributed by atoms with Crippen molar-refractivity contribution in [3.8, 4) is 11.5 Å². The second-order valence-electron chi connectivity index (χ2n) is 8.00. The van der Waals surface area contributed by atoms with Gasteiger partial charge in [0.25, 0.3) is 5.91 Å². The second kappa shape index (κ2) is 10.1. The van der Waals surface area contributed by atoms with Crippen LogP contribution in [0.3, 0.4) is 0 Å². The van der Waals surface area contributed by atoms with Crippen LogP contribution >= 0.6 is 0 Å². The SMILES string of the molecule is COc1c(OCCCN2CCOCC2)ccc2c3n(c(=NC(=O)c4cnccn4)nc12)CCN3. The van der Waals surface area contributed by atoms with E-state index in [0.717, 1.165) is 50.5 Å². The molecule has 0 atom stereocenters. The Labute approximate surface area is 196 Å². The van der Waals surface area contributed by atoms with Crippen molar-refractivity contribution in [2.24, 2.45) is 4.99 Å². The third-order valence-corrected chi connectivity index (χ3v) is 5.87. The summed E-state index contributed by atoms with van der Waals surface area (Å²) in [5.41, 5.74) is 1.03. The number of carbonyl (C=O) groups excluding carboxylic acids is 1. The van der Waals surface area contributed by atoms with Gasteiger partial charge < -0.3 is 19.5 Å². The van der Waals surface area contributed by atoms with Crippen LogP contribution in [0.2, 0.25) is 0 Å². The van der Waals surface area contributed by atoms with Crippen molar-refractivity contribution in [2.45, 2.75) is 13.0 Å². The number of amides is 1. The number of carbonyl (C=O) groups is 1. The molecule has 3 aromatic rings. The van der Waals surface area contributed by atoms with Gasteiger partial charge in [-0.2, -0.15) is 4.99 Å². The molecule has 2 aliphatic rings. The molecule has 0 bridgehead atoms. The predicted octanol–water partition coefficient (Wildman–Crippen LogP) is 1.10. The van der Waals surface area contributed by atoms with Crippen molar-refractivity contribution in [3.63, 3.8) is 0 Å². The van der Waals surface area contributed by atoms with Gasteiger partial charge in [-0.1, -0.05) is 0 Å². The molecule has 0 aliphatic carbocycles. The molecule has 34 heavy (non-hydrogen) atoms. The summed E-state index contributed by atoms with van der Waals surface area (Å²) in [5, 5.41) is 4.24. The number of nitrogens with zero attached hydrogens (tertiary/aromatic N) is 6. The minimum atomic E-state index is -0.504. The maximum atomic E-state index is 12.7. The first kappa shape index (κ1) is 22.2. The van der Waals surface area contributed by atoms with Gasteiger partial charge in [-0.15, -0.1) is 0 Å². The quantitative estimate of drug-likeness (QED) is 0.512. The third-order valence-electron chi connectivity index (χ3n) is 5.87. The van der Waals surface area contributed by atoms with E-state index >= 15 is 0 Å². The standard InChI is InChI=1S/C23H27N7O4/c1-32-20-18(34-12-2-8-29-10-13-33-14-11-29)4-3-16-19(20)27-23(30-9-7-26-21(16)30)28-22(31)17-15-24-5-6-25-17/h3-6,15,26H,2,7-14H2,1H3. The van der Waals surface area contributed by atoms with Gasteiger partial charge in [-0.3, -0.25) is 19.2 Å². The average molecular weight is 466 g/mol. The Morgan fingerprint density at radius 3 is 2.91 bits per heavy atom. The number of anilines is 1. The van der Waals surface area contributed by atoms with Crippen LogP contribution in [-0.2, 0) is 11.3 Å². The van der Waals surface area contributed by atoms with Crippen molar-refractivity contribution in [1.82, 2.24) is 24.4 Å². The second-order valence-corrected chi connectivity index (χ2v) is 8.00. The third kappa shape index (κ3) is 4.57. The van der Waals surface area contributed by atoms with E-state index in [9.17, 15) is 4.79 Å². The number of methoxy groups -OCH3 is 1. The molecule has 0 saturated carbocycles. The molecular formula is C23H27N7O4. The molecule has 1 amide bonds. The molecule has 0 radical (unpaired) electrons. The molecule has 11 heteroatoms. The number of fused-ring (bicyclic) bond motifs is 3. The summed E-state index contributed by atoms with van der Waals surface area (Å²) in [6.07, 6.45) is 5.25. The summed E-state index contributed by atoms with van der Waals surface area (Å²) in [5.74, 6) is 1.46. The van der Waals surface area contributed by atoms with Crippen molar-refractivity contribution in [3.05, 3.63) is 42.0 Å². The van der Waals surface area contributed by atoms with Crippen molar-refractivity contribution < 1.29 is 19.0 Å². The largest absolute Gasteiger partial charge is 0.491 e. The minimum absolute atomic E-state index is 0.161. The molecular weight excluding hydrogens is 438 g/mol. The molecule has 5 rings (SSSR count). The maximum absolute atomic E-state index is 12.7. The minimum Gasteiger partial charge on any atom is -0.491 e. The lowest BCUT2D eigenvalue weighted by Gasteiger charge is -2.26. The molecule has 1 saturated heterocycles. The molecule has 11 nitrogen and oxygen atoms in total. The number of benzene rings is 1. The van der Waals surface area contributed by atoms with Gasteiger partial charge in [0.2, 0.25) is 5.62 Å². The number of rotatable bonds is 7. The molecule has 0 spiro atoms. The van der Waals surface area contributed by atoms with Crippen LogP contribution in [-0.4, -0.2) is 83.4 Å². The summed E-state index contributed by atoms with van der Waals surface area (Å²) >= 11 is 0.